The van der Waals surface area contributed by atoms with Crippen LogP contribution in [0.4, 0.5) is 16.4 Å². The zero-order chi connectivity index (χ0) is 26.6. The smallest absolute Gasteiger partial charge is 0.135 e. The van der Waals surface area contributed by atoms with E-state index >= 15 is 0 Å². The van der Waals surface area contributed by atoms with Crippen molar-refractivity contribution in [1.82, 2.24) is 4.98 Å². The summed E-state index contributed by atoms with van der Waals surface area (Å²) < 4.78 is 1.09. The van der Waals surface area contributed by atoms with E-state index < -0.39 is 0 Å². The van der Waals surface area contributed by atoms with Gasteiger partial charge in [-0.3, -0.25) is 4.90 Å². The lowest BCUT2D eigenvalue weighted by atomic mass is 10.0. The Balaban J connectivity index is 1.20. The van der Waals surface area contributed by atoms with Gasteiger partial charge < -0.3 is 0 Å². The normalized spacial score (nSPS) is 13.0. The van der Waals surface area contributed by atoms with Crippen molar-refractivity contribution < 1.29 is 0 Å². The molecule has 1 aliphatic heterocycles. The highest BCUT2D eigenvalue weighted by Crippen LogP contribution is 2.52. The molecule has 8 rings (SSSR count). The van der Waals surface area contributed by atoms with Crippen LogP contribution < -0.4 is 4.90 Å². The van der Waals surface area contributed by atoms with E-state index in [2.05, 4.69) is 120 Å². The Hall–Kier alpha value is -4.41. The van der Waals surface area contributed by atoms with Crippen molar-refractivity contribution in [1.29, 1.82) is 5.26 Å². The van der Waals surface area contributed by atoms with Gasteiger partial charge in [-0.1, -0.05) is 72.4 Å². The minimum Gasteiger partial charge on any atom is -0.300 e. The van der Waals surface area contributed by atoms with Gasteiger partial charge in [0.15, 0.2) is 0 Å². The summed E-state index contributed by atoms with van der Waals surface area (Å²) in [6.45, 7) is 0. The molecule has 0 fully saturated rings. The summed E-state index contributed by atoms with van der Waals surface area (Å²) >= 11 is 5.06. The van der Waals surface area contributed by atoms with E-state index in [0.717, 1.165) is 25.1 Å². The van der Waals surface area contributed by atoms with Crippen LogP contribution in [-0.2, 0) is 0 Å². The van der Waals surface area contributed by atoms with E-state index in [-0.39, 0.29) is 0 Å². The van der Waals surface area contributed by atoms with Crippen LogP contribution in [0.1, 0.15) is 9.88 Å². The maximum Gasteiger partial charge on any atom is 0.135 e. The quantitative estimate of drug-likeness (QED) is 0.158. The molecule has 0 bridgehead atoms. The largest absolute Gasteiger partial charge is 0.300 e. The zero-order valence-corrected chi connectivity index (χ0v) is 23.5. The SMILES string of the molecule is N#C/C(=C\c1ccc(N2c3ccccc3Sc3ccccc32)s1)c1nc2cc3c(ccc4ccccc43)cc2s1. The van der Waals surface area contributed by atoms with Crippen molar-refractivity contribution in [2.24, 2.45) is 0 Å². The Morgan fingerprint density at radius 3 is 2.25 bits per heavy atom. The molecule has 3 nitrogen and oxygen atoms in total. The predicted molar refractivity (Wildman–Crippen MR) is 171 cm³/mol. The molecule has 0 spiro atoms. The molecule has 3 heterocycles. The number of thiophene rings is 1. The van der Waals surface area contributed by atoms with Gasteiger partial charge in [0.2, 0.25) is 0 Å². The first kappa shape index (κ1) is 23.5. The summed E-state index contributed by atoms with van der Waals surface area (Å²) in [5.41, 5.74) is 3.86. The van der Waals surface area contributed by atoms with Gasteiger partial charge >= 0.3 is 0 Å². The second-order valence-corrected chi connectivity index (χ2v) is 12.8. The lowest BCUT2D eigenvalue weighted by Crippen LogP contribution is -2.13. The van der Waals surface area contributed by atoms with Crippen LogP contribution >= 0.6 is 34.4 Å². The van der Waals surface area contributed by atoms with E-state index in [1.165, 1.54) is 42.7 Å². The Morgan fingerprint density at radius 2 is 1.45 bits per heavy atom. The maximum absolute atomic E-state index is 10.2. The van der Waals surface area contributed by atoms with Gasteiger partial charge in [0.1, 0.15) is 16.1 Å². The van der Waals surface area contributed by atoms with Crippen molar-refractivity contribution in [3.63, 3.8) is 0 Å². The number of allylic oxidation sites excluding steroid dienone is 1. The summed E-state index contributed by atoms with van der Waals surface area (Å²) in [5, 5.41) is 16.8. The fraction of sp³-hybridized carbons (Fsp3) is 0. The monoisotopic (exact) mass is 565 g/mol. The second-order valence-electron chi connectivity index (χ2n) is 9.57. The Kier molecular flexibility index (Phi) is 5.49. The fourth-order valence-corrected chi connectivity index (χ4v) is 8.31. The number of para-hydroxylation sites is 2. The van der Waals surface area contributed by atoms with Crippen molar-refractivity contribution in [2.45, 2.75) is 9.79 Å². The van der Waals surface area contributed by atoms with Crippen molar-refractivity contribution in [3.8, 4) is 6.07 Å². The minimum absolute atomic E-state index is 0.582. The summed E-state index contributed by atoms with van der Waals surface area (Å²) in [7, 11) is 0. The third-order valence-corrected chi connectivity index (χ3v) is 10.4. The first-order valence-corrected chi connectivity index (χ1v) is 15.3. The molecule has 0 amide bonds. The number of aromatic nitrogens is 1. The van der Waals surface area contributed by atoms with Gasteiger partial charge in [0.05, 0.1) is 27.2 Å². The van der Waals surface area contributed by atoms with E-state index in [0.29, 0.717) is 5.57 Å². The van der Waals surface area contributed by atoms with E-state index in [1.807, 2.05) is 6.08 Å². The van der Waals surface area contributed by atoms with Gasteiger partial charge in [-0.25, -0.2) is 4.98 Å². The molecule has 1 aliphatic rings. The molecule has 0 unspecified atom stereocenters. The molecule has 0 saturated carbocycles. The van der Waals surface area contributed by atoms with Crippen molar-refractivity contribution in [2.75, 3.05) is 4.90 Å². The molecule has 188 valence electrons. The zero-order valence-electron chi connectivity index (χ0n) is 21.0. The van der Waals surface area contributed by atoms with Crippen molar-refractivity contribution in [3.05, 3.63) is 119 Å². The molecule has 0 saturated heterocycles. The van der Waals surface area contributed by atoms with Gasteiger partial charge in [0, 0.05) is 14.7 Å². The number of hydrogen-bond acceptors (Lipinski definition) is 6. The number of rotatable bonds is 3. The number of nitrogens with zero attached hydrogens (tertiary/aromatic N) is 3. The number of fused-ring (bicyclic) bond motifs is 6. The molecule has 2 aromatic heterocycles. The van der Waals surface area contributed by atoms with E-state index in [4.69, 9.17) is 4.98 Å². The molecule has 0 N–H and O–H groups in total. The third kappa shape index (κ3) is 3.82. The maximum atomic E-state index is 10.2. The third-order valence-electron chi connectivity index (χ3n) is 7.16. The lowest BCUT2D eigenvalue weighted by molar-refractivity contribution is 1.18. The van der Waals surface area contributed by atoms with Crippen LogP contribution in [0, 0.1) is 11.3 Å². The molecule has 40 heavy (non-hydrogen) atoms. The van der Waals surface area contributed by atoms with Gasteiger partial charge in [-0.05, 0) is 76.2 Å². The topological polar surface area (TPSA) is 39.9 Å². The molecule has 7 aromatic rings. The Labute approximate surface area is 243 Å². The molecular weight excluding hydrogens is 547 g/mol. The van der Waals surface area contributed by atoms with Crippen LogP contribution in [0.2, 0.25) is 0 Å². The van der Waals surface area contributed by atoms with Crippen LogP contribution in [0.25, 0.3) is 43.4 Å². The van der Waals surface area contributed by atoms with Crippen LogP contribution in [0.5, 0.6) is 0 Å². The molecule has 5 aromatic carbocycles. The van der Waals surface area contributed by atoms with Gasteiger partial charge in [0.25, 0.3) is 0 Å². The predicted octanol–water partition coefficient (Wildman–Crippen LogP) is 10.7. The summed E-state index contributed by atoms with van der Waals surface area (Å²) in [6.07, 6.45) is 1.97. The van der Waals surface area contributed by atoms with E-state index in [9.17, 15) is 5.26 Å². The van der Waals surface area contributed by atoms with Gasteiger partial charge in [-0.15, -0.1) is 22.7 Å². The Bertz CT molecular complexity index is 2140. The minimum atomic E-state index is 0.582. The van der Waals surface area contributed by atoms with Crippen molar-refractivity contribution >= 4 is 94.2 Å². The van der Waals surface area contributed by atoms with E-state index in [1.54, 1.807) is 34.4 Å². The highest BCUT2D eigenvalue weighted by atomic mass is 32.2. The van der Waals surface area contributed by atoms with Crippen LogP contribution in [-0.4, -0.2) is 4.98 Å². The average molecular weight is 566 g/mol. The summed E-state index contributed by atoms with van der Waals surface area (Å²) in [5.74, 6) is 0. The fourth-order valence-electron chi connectivity index (χ4n) is 5.31. The van der Waals surface area contributed by atoms with Crippen LogP contribution in [0.15, 0.2) is 119 Å². The first-order valence-electron chi connectivity index (χ1n) is 12.9. The standard InChI is InChI=1S/C34H19N3S3/c35-20-23(34-36-27-19-26-22(18-32(27)40-34)14-13-21-7-1-2-8-25(21)26)17-24-15-16-33(38-24)37-28-9-3-5-11-30(28)39-31-12-6-4-10-29(31)37/h1-19H/b23-17+. The number of hydrogen-bond donors (Lipinski definition) is 0. The second kappa shape index (κ2) is 9.35. The molecule has 6 heteroatoms. The number of benzene rings is 5. The number of anilines is 3. The highest BCUT2D eigenvalue weighted by Gasteiger charge is 2.25. The number of nitriles is 1. The summed E-state index contributed by atoms with van der Waals surface area (Å²) in [6, 6.07) is 40.8. The van der Waals surface area contributed by atoms with Crippen LogP contribution in [0.3, 0.4) is 0 Å². The average Bonchev–Trinajstić information content (AvgIpc) is 3.64. The summed E-state index contributed by atoms with van der Waals surface area (Å²) in [4.78, 5) is 10.7. The lowest BCUT2D eigenvalue weighted by Gasteiger charge is -2.31. The number of thiazole rings is 1. The molecule has 0 atom stereocenters. The van der Waals surface area contributed by atoms with Gasteiger partial charge in [-0.2, -0.15) is 5.26 Å². The Morgan fingerprint density at radius 1 is 0.725 bits per heavy atom. The molecule has 0 radical (unpaired) electrons. The highest BCUT2D eigenvalue weighted by molar-refractivity contribution is 7.99. The first-order chi connectivity index (χ1) is 19.7. The molecule has 0 aliphatic carbocycles. The molecular formula is C34H19N3S3.